The van der Waals surface area contributed by atoms with Crippen molar-refractivity contribution in [3.63, 3.8) is 0 Å². The third-order valence-electron chi connectivity index (χ3n) is 1.61. The Kier molecular flexibility index (Phi) is 1.26. The fraction of sp³-hybridized carbons (Fsp3) is 0. The van der Waals surface area contributed by atoms with Gasteiger partial charge in [-0.3, -0.25) is 0 Å². The van der Waals surface area contributed by atoms with E-state index in [4.69, 9.17) is 17.3 Å². The van der Waals surface area contributed by atoms with E-state index in [2.05, 4.69) is 4.98 Å². The first kappa shape index (κ1) is 6.49. The quantitative estimate of drug-likeness (QED) is 0.567. The largest absolute Gasteiger partial charge is 0.391 e. The summed E-state index contributed by atoms with van der Waals surface area (Å²) in [6.45, 7) is 0. The highest BCUT2D eigenvalue weighted by molar-refractivity contribution is 6.33. The van der Waals surface area contributed by atoms with Crippen LogP contribution in [0, 0.1) is 0 Å². The Balaban J connectivity index is 2.93. The standard InChI is InChI=1S/C7H6ClN3/c8-5-1-3-11-4-2-10-7(11)6(5)9/h1-4H,9H2/p+1. The molecule has 3 nitrogen and oxygen atoms in total. The molecule has 0 saturated carbocycles. The van der Waals surface area contributed by atoms with E-state index in [-0.39, 0.29) is 0 Å². The minimum atomic E-state index is 0.576. The number of rotatable bonds is 0. The van der Waals surface area contributed by atoms with E-state index < -0.39 is 0 Å². The number of halogens is 1. The van der Waals surface area contributed by atoms with Gasteiger partial charge in [-0.1, -0.05) is 11.6 Å². The molecule has 0 fully saturated rings. The van der Waals surface area contributed by atoms with Gasteiger partial charge in [0, 0.05) is 0 Å². The molecule has 0 amide bonds. The van der Waals surface area contributed by atoms with Crippen LogP contribution in [0.25, 0.3) is 5.65 Å². The van der Waals surface area contributed by atoms with Gasteiger partial charge in [-0.05, 0) is 6.07 Å². The molecule has 0 aromatic carbocycles. The van der Waals surface area contributed by atoms with Gasteiger partial charge in [-0.2, -0.15) is 0 Å². The number of hydrogen-bond acceptors (Lipinski definition) is 1. The number of anilines is 1. The molecule has 4 heteroatoms. The number of nitrogens with two attached hydrogens (primary N) is 1. The molecular formula is C7H7ClN3+. The molecule has 0 aliphatic carbocycles. The molecule has 2 rings (SSSR count). The summed E-state index contributed by atoms with van der Waals surface area (Å²) in [7, 11) is 0. The van der Waals surface area contributed by atoms with Crippen molar-refractivity contribution in [2.45, 2.75) is 0 Å². The Labute approximate surface area is 68.4 Å². The van der Waals surface area contributed by atoms with E-state index >= 15 is 0 Å². The lowest BCUT2D eigenvalue weighted by Crippen LogP contribution is -2.18. The van der Waals surface area contributed by atoms with Gasteiger partial charge in [0.15, 0.2) is 0 Å². The van der Waals surface area contributed by atoms with E-state index in [0.29, 0.717) is 10.7 Å². The van der Waals surface area contributed by atoms with Crippen molar-refractivity contribution in [1.82, 2.24) is 4.98 Å². The number of nitrogens with zero attached hydrogens (tertiary/aromatic N) is 1. The Morgan fingerprint density at radius 2 is 2.27 bits per heavy atom. The number of H-pyrrole nitrogens is 1. The molecule has 2 aromatic heterocycles. The monoisotopic (exact) mass is 168 g/mol. The molecule has 56 valence electrons. The first-order valence-corrected chi connectivity index (χ1v) is 3.59. The third-order valence-corrected chi connectivity index (χ3v) is 1.94. The number of aromatic amines is 1. The first-order chi connectivity index (χ1) is 5.29. The molecule has 2 aromatic rings. The SMILES string of the molecule is Nc1c(Cl)cc[n+]2cc[nH]c12. The van der Waals surface area contributed by atoms with Crippen molar-refractivity contribution < 1.29 is 4.40 Å². The molecular weight excluding hydrogens is 162 g/mol. The molecule has 11 heavy (non-hydrogen) atoms. The van der Waals surface area contributed by atoms with Gasteiger partial charge in [0.25, 0.3) is 0 Å². The predicted octanol–water partition coefficient (Wildman–Crippen LogP) is 0.989. The number of fused-ring (bicyclic) bond motifs is 1. The van der Waals surface area contributed by atoms with Gasteiger partial charge >= 0.3 is 5.65 Å². The molecule has 3 N–H and O–H groups in total. The maximum atomic E-state index is 5.79. The Hall–Kier alpha value is -1.22. The van der Waals surface area contributed by atoms with Crippen molar-refractivity contribution in [3.8, 4) is 0 Å². The summed E-state index contributed by atoms with van der Waals surface area (Å²) in [4.78, 5) is 2.98. The zero-order chi connectivity index (χ0) is 7.84. The van der Waals surface area contributed by atoms with Gasteiger partial charge in [-0.25, -0.2) is 9.38 Å². The summed E-state index contributed by atoms with van der Waals surface area (Å²) in [6, 6.07) is 1.76. The van der Waals surface area contributed by atoms with Crippen molar-refractivity contribution in [2.24, 2.45) is 0 Å². The van der Waals surface area contributed by atoms with Crippen molar-refractivity contribution in [2.75, 3.05) is 5.73 Å². The topological polar surface area (TPSA) is 45.9 Å². The van der Waals surface area contributed by atoms with Crippen LogP contribution in [0.15, 0.2) is 24.7 Å². The minimum absolute atomic E-state index is 0.576. The van der Waals surface area contributed by atoms with Crippen LogP contribution in [-0.2, 0) is 0 Å². The van der Waals surface area contributed by atoms with Gasteiger partial charge in [-0.15, -0.1) is 0 Å². The Morgan fingerprint density at radius 1 is 1.45 bits per heavy atom. The van der Waals surface area contributed by atoms with Crippen LogP contribution in [0.4, 0.5) is 5.69 Å². The zero-order valence-corrected chi connectivity index (χ0v) is 6.47. The summed E-state index contributed by atoms with van der Waals surface area (Å²) in [5.74, 6) is 0. The van der Waals surface area contributed by atoms with Crippen LogP contribution in [0.2, 0.25) is 5.02 Å². The number of pyridine rings is 1. The highest BCUT2D eigenvalue weighted by atomic mass is 35.5. The van der Waals surface area contributed by atoms with Gasteiger partial charge in [0.2, 0.25) is 0 Å². The highest BCUT2D eigenvalue weighted by Gasteiger charge is 2.08. The van der Waals surface area contributed by atoms with Crippen molar-refractivity contribution in [1.29, 1.82) is 0 Å². The second-order valence-electron chi connectivity index (χ2n) is 2.29. The smallest absolute Gasteiger partial charge is 0.309 e. The first-order valence-electron chi connectivity index (χ1n) is 3.21. The lowest BCUT2D eigenvalue weighted by molar-refractivity contribution is -0.509. The molecule has 0 bridgehead atoms. The Morgan fingerprint density at radius 3 is 3.09 bits per heavy atom. The predicted molar refractivity (Wildman–Crippen MR) is 43.4 cm³/mol. The van der Waals surface area contributed by atoms with E-state index in [1.165, 1.54) is 0 Å². The lowest BCUT2D eigenvalue weighted by atomic mass is 10.4. The molecule has 0 saturated heterocycles. The normalized spacial score (nSPS) is 10.6. The summed E-state index contributed by atoms with van der Waals surface area (Å²) >= 11 is 5.79. The average Bonchev–Trinajstić information content (AvgIpc) is 2.45. The molecule has 0 unspecified atom stereocenters. The Bertz CT molecular complexity index is 393. The number of aromatic nitrogens is 2. The van der Waals surface area contributed by atoms with Gasteiger partial charge in [0.05, 0.1) is 11.2 Å². The number of hydrogen-bond donors (Lipinski definition) is 2. The second kappa shape index (κ2) is 2.13. The fourth-order valence-electron chi connectivity index (χ4n) is 1.04. The lowest BCUT2D eigenvalue weighted by Gasteiger charge is -1.92. The number of nitrogens with one attached hydrogen (secondary N) is 1. The maximum Gasteiger partial charge on any atom is 0.309 e. The molecule has 0 aliphatic heterocycles. The average molecular weight is 169 g/mol. The van der Waals surface area contributed by atoms with E-state index in [0.717, 1.165) is 5.65 Å². The maximum absolute atomic E-state index is 5.79. The number of imidazole rings is 1. The van der Waals surface area contributed by atoms with Crippen LogP contribution in [0.1, 0.15) is 0 Å². The minimum Gasteiger partial charge on any atom is -0.391 e. The summed E-state index contributed by atoms with van der Waals surface area (Å²) in [5, 5.41) is 0.576. The van der Waals surface area contributed by atoms with Crippen LogP contribution < -0.4 is 10.1 Å². The van der Waals surface area contributed by atoms with E-state index in [1.807, 2.05) is 23.0 Å². The summed E-state index contributed by atoms with van der Waals surface area (Å²) < 4.78 is 1.88. The van der Waals surface area contributed by atoms with E-state index in [9.17, 15) is 0 Å². The van der Waals surface area contributed by atoms with Crippen LogP contribution in [-0.4, -0.2) is 4.98 Å². The molecule has 0 radical (unpaired) electrons. The number of nitrogen functional groups attached to an aromatic ring is 1. The molecule has 0 atom stereocenters. The van der Waals surface area contributed by atoms with Crippen LogP contribution >= 0.6 is 11.6 Å². The van der Waals surface area contributed by atoms with Crippen molar-refractivity contribution in [3.05, 3.63) is 29.7 Å². The van der Waals surface area contributed by atoms with Gasteiger partial charge < -0.3 is 5.73 Å². The van der Waals surface area contributed by atoms with Gasteiger partial charge in [0.1, 0.15) is 18.1 Å². The summed E-state index contributed by atoms with van der Waals surface area (Å²) in [5.41, 5.74) is 7.09. The third kappa shape index (κ3) is 0.851. The molecule has 0 spiro atoms. The van der Waals surface area contributed by atoms with E-state index in [1.54, 1.807) is 6.07 Å². The van der Waals surface area contributed by atoms with Crippen LogP contribution in [0.3, 0.4) is 0 Å². The van der Waals surface area contributed by atoms with Crippen molar-refractivity contribution >= 4 is 22.9 Å². The fourth-order valence-corrected chi connectivity index (χ4v) is 1.18. The molecule has 2 heterocycles. The second-order valence-corrected chi connectivity index (χ2v) is 2.70. The van der Waals surface area contributed by atoms with Crippen LogP contribution in [0.5, 0.6) is 0 Å². The summed E-state index contributed by atoms with van der Waals surface area (Å²) in [6.07, 6.45) is 5.54. The highest BCUT2D eigenvalue weighted by Crippen LogP contribution is 2.18. The zero-order valence-electron chi connectivity index (χ0n) is 5.71. The molecule has 0 aliphatic rings.